The quantitative estimate of drug-likeness (QED) is 0.166. The van der Waals surface area contributed by atoms with Crippen molar-refractivity contribution < 1.29 is 35.8 Å². The molecule has 1 N–H and O–H groups in total. The average Bonchev–Trinajstić information content (AvgIpc) is 3.62. The molecule has 2 aromatic carbocycles. The molecule has 0 aliphatic carbocycles. The van der Waals surface area contributed by atoms with Gasteiger partial charge in [0.25, 0.3) is 0 Å². The van der Waals surface area contributed by atoms with Crippen LogP contribution in [0.3, 0.4) is 0 Å². The Morgan fingerprint density at radius 3 is 2.37 bits per heavy atom. The van der Waals surface area contributed by atoms with Crippen molar-refractivity contribution in [1.82, 2.24) is 25.0 Å². The Morgan fingerprint density at radius 1 is 1.11 bits per heavy atom. The van der Waals surface area contributed by atoms with Gasteiger partial charge in [0.15, 0.2) is 5.82 Å². The van der Waals surface area contributed by atoms with Crippen molar-refractivity contribution in [2.45, 2.75) is 44.9 Å². The number of alkyl halides is 3. The van der Waals surface area contributed by atoms with E-state index in [1.165, 1.54) is 23.3 Å². The van der Waals surface area contributed by atoms with Crippen molar-refractivity contribution >= 4 is 51.7 Å². The van der Waals surface area contributed by atoms with Crippen LogP contribution < -0.4 is 9.62 Å². The standard InChI is InChI=1S/C30H28ClF5N6O3S/c1-17-5-6-21(26(38-17)24(37-16-43)13-18-11-19(32)14-20(33)12-18)22-7-8-23(31)25-27(22)41(15-30(34,35)36)39-28(25)42(46(2)45)29(44)40-9-3-4-10-40/h5-8,11-12,14,16,24H,3-4,9-10,13,15H2,1-2H3,(H,37,43). The van der Waals surface area contributed by atoms with E-state index in [-0.39, 0.29) is 50.5 Å². The number of likely N-dealkylation sites (tertiary alicyclic amines) is 1. The number of urea groups is 1. The molecule has 244 valence electrons. The summed E-state index contributed by atoms with van der Waals surface area (Å²) < 4.78 is 84.5. The van der Waals surface area contributed by atoms with Gasteiger partial charge in [0.1, 0.15) is 29.2 Å². The molecule has 46 heavy (non-hydrogen) atoms. The first-order chi connectivity index (χ1) is 21.8. The molecule has 1 saturated heterocycles. The third-order valence-corrected chi connectivity index (χ3v) is 8.63. The molecule has 3 amide bonds. The van der Waals surface area contributed by atoms with Crippen LogP contribution in [0.4, 0.5) is 32.6 Å². The van der Waals surface area contributed by atoms with Crippen LogP contribution in [0, 0.1) is 18.6 Å². The lowest BCUT2D eigenvalue weighted by Gasteiger charge is -2.24. The summed E-state index contributed by atoms with van der Waals surface area (Å²) in [5.41, 5.74) is 1.15. The van der Waals surface area contributed by atoms with E-state index in [2.05, 4.69) is 15.4 Å². The highest BCUT2D eigenvalue weighted by atomic mass is 35.5. The number of benzene rings is 2. The molecule has 0 saturated carbocycles. The molecule has 0 bridgehead atoms. The number of amides is 3. The SMILES string of the molecule is Cc1ccc(-c2ccc(Cl)c3c(N(C(=O)N4CCCC4)S(C)=O)nn(CC(F)(F)F)c23)c(C(Cc2cc(F)cc(F)c2)NC=O)n1. The lowest BCUT2D eigenvalue weighted by atomic mass is 9.94. The topological polar surface area (TPSA) is 100 Å². The van der Waals surface area contributed by atoms with Gasteiger partial charge in [-0.25, -0.2) is 17.8 Å². The number of aryl methyl sites for hydroxylation is 1. The number of halogens is 6. The van der Waals surface area contributed by atoms with Gasteiger partial charge in [-0.2, -0.15) is 22.6 Å². The first kappa shape index (κ1) is 33.3. The molecule has 2 unspecified atom stereocenters. The van der Waals surface area contributed by atoms with E-state index in [1.54, 1.807) is 19.1 Å². The molecular formula is C30H28ClF5N6O3S. The van der Waals surface area contributed by atoms with E-state index >= 15 is 0 Å². The number of pyridine rings is 1. The maximum Gasteiger partial charge on any atom is 0.408 e. The molecule has 2 aromatic heterocycles. The van der Waals surface area contributed by atoms with Gasteiger partial charge < -0.3 is 10.2 Å². The van der Waals surface area contributed by atoms with E-state index in [9.17, 15) is 35.8 Å². The second kappa shape index (κ2) is 13.3. The highest BCUT2D eigenvalue weighted by Crippen LogP contribution is 2.42. The fraction of sp³-hybridized carbons (Fsp3) is 0.333. The minimum atomic E-state index is -4.76. The first-order valence-electron chi connectivity index (χ1n) is 14.1. The number of hydrogen-bond donors (Lipinski definition) is 1. The minimum absolute atomic E-state index is 0.0498. The maximum atomic E-state index is 14.0. The summed E-state index contributed by atoms with van der Waals surface area (Å²) >= 11 is 6.60. The highest BCUT2D eigenvalue weighted by molar-refractivity contribution is 7.86. The molecular weight excluding hydrogens is 655 g/mol. The second-order valence-corrected chi connectivity index (χ2v) is 12.4. The summed E-state index contributed by atoms with van der Waals surface area (Å²) in [7, 11) is -2.05. The Morgan fingerprint density at radius 2 is 1.76 bits per heavy atom. The lowest BCUT2D eigenvalue weighted by Crippen LogP contribution is -2.43. The summed E-state index contributed by atoms with van der Waals surface area (Å²) in [4.78, 5) is 31.2. The Labute approximate surface area is 267 Å². The second-order valence-electron chi connectivity index (χ2n) is 10.8. The number of rotatable bonds is 9. The summed E-state index contributed by atoms with van der Waals surface area (Å²) in [5, 5.41) is 6.68. The Balaban J connectivity index is 1.76. The molecule has 4 aromatic rings. The van der Waals surface area contributed by atoms with Crippen LogP contribution >= 0.6 is 11.6 Å². The van der Waals surface area contributed by atoms with Gasteiger partial charge in [-0.05, 0) is 56.0 Å². The van der Waals surface area contributed by atoms with Crippen LogP contribution in [0.5, 0.6) is 0 Å². The van der Waals surface area contributed by atoms with Crippen molar-refractivity contribution in [1.29, 1.82) is 0 Å². The molecule has 1 fully saturated rings. The third-order valence-electron chi connectivity index (χ3n) is 7.47. The van der Waals surface area contributed by atoms with E-state index in [1.807, 2.05) is 0 Å². The van der Waals surface area contributed by atoms with E-state index in [0.717, 1.165) is 16.4 Å². The van der Waals surface area contributed by atoms with Crippen molar-refractivity contribution in [3.63, 3.8) is 0 Å². The van der Waals surface area contributed by atoms with Gasteiger partial charge in [-0.3, -0.25) is 14.5 Å². The molecule has 9 nitrogen and oxygen atoms in total. The number of anilines is 1. The predicted octanol–water partition coefficient (Wildman–Crippen LogP) is 6.25. The number of aromatic nitrogens is 3. The average molecular weight is 683 g/mol. The van der Waals surface area contributed by atoms with Crippen molar-refractivity contribution in [2.24, 2.45) is 0 Å². The summed E-state index contributed by atoms with van der Waals surface area (Å²) in [5.74, 6) is -1.98. The number of fused-ring (bicyclic) bond motifs is 1. The Hall–Kier alpha value is -4.11. The molecule has 1 aliphatic heterocycles. The van der Waals surface area contributed by atoms with Crippen LogP contribution in [-0.4, -0.2) is 61.8 Å². The van der Waals surface area contributed by atoms with Crippen LogP contribution in [0.15, 0.2) is 42.5 Å². The number of nitrogens with one attached hydrogen (secondary N) is 1. The molecule has 0 spiro atoms. The monoisotopic (exact) mass is 682 g/mol. The maximum absolute atomic E-state index is 14.0. The zero-order valence-electron chi connectivity index (χ0n) is 24.6. The predicted molar refractivity (Wildman–Crippen MR) is 164 cm³/mol. The minimum Gasteiger partial charge on any atom is -0.350 e. The number of carbonyl (C=O) groups is 2. The molecule has 1 aliphatic rings. The number of nitrogens with zero attached hydrogens (tertiary/aromatic N) is 5. The molecule has 5 rings (SSSR count). The Kier molecular flexibility index (Phi) is 9.63. The van der Waals surface area contributed by atoms with Crippen molar-refractivity contribution in [3.8, 4) is 11.1 Å². The molecule has 16 heteroatoms. The fourth-order valence-electron chi connectivity index (χ4n) is 5.62. The van der Waals surface area contributed by atoms with Crippen molar-refractivity contribution in [3.05, 3.63) is 76.1 Å². The third kappa shape index (κ3) is 6.99. The smallest absolute Gasteiger partial charge is 0.350 e. The zero-order chi connectivity index (χ0) is 33.3. The zero-order valence-corrected chi connectivity index (χ0v) is 26.1. The van der Waals surface area contributed by atoms with Crippen LogP contribution in [0.25, 0.3) is 22.0 Å². The summed E-state index contributed by atoms with van der Waals surface area (Å²) in [6.45, 7) is 0.845. The number of carbonyl (C=O) groups excluding carboxylic acids is 2. The van der Waals surface area contributed by atoms with Gasteiger partial charge >= 0.3 is 12.2 Å². The van der Waals surface area contributed by atoms with Gasteiger partial charge in [-0.15, -0.1) is 0 Å². The normalized spacial score (nSPS) is 14.8. The van der Waals surface area contributed by atoms with Gasteiger partial charge in [-0.1, -0.05) is 23.7 Å². The van der Waals surface area contributed by atoms with Gasteiger partial charge in [0.05, 0.1) is 27.7 Å². The number of hydrogen-bond acceptors (Lipinski definition) is 5. The summed E-state index contributed by atoms with van der Waals surface area (Å²) in [6.07, 6.45) is -1.85. The lowest BCUT2D eigenvalue weighted by molar-refractivity contribution is -0.141. The summed E-state index contributed by atoms with van der Waals surface area (Å²) in [6, 6.07) is 7.29. The van der Waals surface area contributed by atoms with Crippen LogP contribution in [0.1, 0.15) is 35.8 Å². The van der Waals surface area contributed by atoms with E-state index < -0.39 is 47.4 Å². The first-order valence-corrected chi connectivity index (χ1v) is 16.0. The largest absolute Gasteiger partial charge is 0.408 e. The van der Waals surface area contributed by atoms with Crippen molar-refractivity contribution in [2.75, 3.05) is 23.7 Å². The van der Waals surface area contributed by atoms with Gasteiger partial charge in [0, 0.05) is 42.2 Å². The van der Waals surface area contributed by atoms with E-state index in [0.29, 0.717) is 48.8 Å². The molecule has 0 radical (unpaired) electrons. The van der Waals surface area contributed by atoms with Gasteiger partial charge in [0.2, 0.25) is 6.41 Å². The molecule has 3 heterocycles. The molecule has 2 atom stereocenters. The Bertz CT molecular complexity index is 1810. The highest BCUT2D eigenvalue weighted by Gasteiger charge is 2.36. The van der Waals surface area contributed by atoms with E-state index in [4.69, 9.17) is 11.6 Å². The van der Waals surface area contributed by atoms with Crippen LogP contribution in [-0.2, 0) is 28.7 Å². The fourth-order valence-corrected chi connectivity index (χ4v) is 6.56. The van der Waals surface area contributed by atoms with Crippen LogP contribution in [0.2, 0.25) is 5.02 Å².